The van der Waals surface area contributed by atoms with Gasteiger partial charge in [-0.1, -0.05) is 36.4 Å². The highest BCUT2D eigenvalue weighted by atomic mass is 16.3. The van der Waals surface area contributed by atoms with E-state index in [1.54, 1.807) is 6.07 Å². The molecule has 19 heavy (non-hydrogen) atoms. The minimum absolute atomic E-state index is 0.410. The number of primary amides is 1. The maximum absolute atomic E-state index is 11.4. The van der Waals surface area contributed by atoms with Crippen LogP contribution in [0.3, 0.4) is 0 Å². The number of para-hydroxylation sites is 1. The number of nitrogens with two attached hydrogens (primary N) is 1. The van der Waals surface area contributed by atoms with Gasteiger partial charge in [-0.25, -0.2) is 0 Å². The Kier molecular flexibility index (Phi) is 2.80. The fourth-order valence-electron chi connectivity index (χ4n) is 2.23. The van der Waals surface area contributed by atoms with E-state index < -0.39 is 5.91 Å². The van der Waals surface area contributed by atoms with E-state index in [9.17, 15) is 4.79 Å². The lowest BCUT2D eigenvalue weighted by Crippen LogP contribution is -2.13. The number of furan rings is 1. The summed E-state index contributed by atoms with van der Waals surface area (Å²) in [6.07, 6.45) is 0.563. The zero-order valence-corrected chi connectivity index (χ0v) is 10.3. The lowest BCUT2D eigenvalue weighted by atomic mass is 10.0. The van der Waals surface area contributed by atoms with E-state index in [4.69, 9.17) is 10.2 Å². The molecule has 3 heteroatoms. The number of hydrogen-bond donors (Lipinski definition) is 1. The van der Waals surface area contributed by atoms with E-state index in [2.05, 4.69) is 0 Å². The largest absolute Gasteiger partial charge is 0.461 e. The van der Waals surface area contributed by atoms with Gasteiger partial charge in [0.25, 0.3) is 0 Å². The van der Waals surface area contributed by atoms with Crippen molar-refractivity contribution >= 4 is 16.9 Å². The Morgan fingerprint density at radius 3 is 2.58 bits per heavy atom. The van der Waals surface area contributed by atoms with Crippen LogP contribution in [0.2, 0.25) is 0 Å². The zero-order valence-electron chi connectivity index (χ0n) is 10.3. The van der Waals surface area contributed by atoms with Crippen LogP contribution in [0.15, 0.2) is 59.0 Å². The molecule has 2 N–H and O–H groups in total. The summed E-state index contributed by atoms with van der Waals surface area (Å²) in [5.74, 6) is 0.418. The maximum Gasteiger partial charge on any atom is 0.248 e. The number of hydrogen-bond acceptors (Lipinski definition) is 2. The molecule has 0 bridgehead atoms. The highest BCUT2D eigenvalue weighted by Gasteiger charge is 2.10. The van der Waals surface area contributed by atoms with Gasteiger partial charge >= 0.3 is 0 Å². The van der Waals surface area contributed by atoms with E-state index in [-0.39, 0.29) is 0 Å². The smallest absolute Gasteiger partial charge is 0.248 e. The van der Waals surface area contributed by atoms with Crippen LogP contribution in [0.5, 0.6) is 0 Å². The topological polar surface area (TPSA) is 56.2 Å². The first kappa shape index (κ1) is 11.5. The molecule has 94 valence electrons. The number of carbonyl (C=O) groups is 1. The molecule has 3 rings (SSSR count). The molecule has 1 amide bonds. The van der Waals surface area contributed by atoms with Crippen LogP contribution in [0.25, 0.3) is 11.0 Å². The van der Waals surface area contributed by atoms with E-state index in [1.807, 2.05) is 48.5 Å². The Labute approximate surface area is 110 Å². The van der Waals surface area contributed by atoms with E-state index in [1.165, 1.54) is 0 Å². The van der Waals surface area contributed by atoms with E-state index in [0.717, 1.165) is 22.3 Å². The van der Waals surface area contributed by atoms with Gasteiger partial charge in [0.05, 0.1) is 0 Å². The Balaban J connectivity index is 1.99. The monoisotopic (exact) mass is 251 g/mol. The summed E-state index contributed by atoms with van der Waals surface area (Å²) < 4.78 is 5.75. The van der Waals surface area contributed by atoms with Gasteiger partial charge in [-0.15, -0.1) is 0 Å². The molecule has 0 aliphatic rings. The number of carbonyl (C=O) groups excluding carboxylic acids is 1. The van der Waals surface area contributed by atoms with Gasteiger partial charge in [0.2, 0.25) is 5.91 Å². The molecule has 0 atom stereocenters. The van der Waals surface area contributed by atoms with Crippen molar-refractivity contribution < 1.29 is 9.21 Å². The van der Waals surface area contributed by atoms with Gasteiger partial charge in [-0.05, 0) is 23.8 Å². The van der Waals surface area contributed by atoms with E-state index >= 15 is 0 Å². The first-order valence-corrected chi connectivity index (χ1v) is 6.09. The van der Waals surface area contributed by atoms with Crippen molar-refractivity contribution in [3.8, 4) is 0 Å². The van der Waals surface area contributed by atoms with Gasteiger partial charge in [-0.3, -0.25) is 4.79 Å². The number of rotatable bonds is 3. The van der Waals surface area contributed by atoms with Crippen LogP contribution >= 0.6 is 0 Å². The summed E-state index contributed by atoms with van der Waals surface area (Å²) in [7, 11) is 0. The van der Waals surface area contributed by atoms with Gasteiger partial charge in [-0.2, -0.15) is 0 Å². The molecule has 0 fully saturated rings. The van der Waals surface area contributed by atoms with Crippen molar-refractivity contribution in [3.63, 3.8) is 0 Å². The molecule has 0 unspecified atom stereocenters. The molecule has 3 nitrogen and oxygen atoms in total. The normalized spacial score (nSPS) is 10.7. The van der Waals surface area contributed by atoms with Crippen LogP contribution in [0.1, 0.15) is 21.7 Å². The number of benzene rings is 2. The Bertz CT molecular complexity index is 710. The second kappa shape index (κ2) is 4.61. The van der Waals surface area contributed by atoms with Crippen molar-refractivity contribution in [1.82, 2.24) is 0 Å². The summed E-state index contributed by atoms with van der Waals surface area (Å²) in [4.78, 5) is 11.4. The Hall–Kier alpha value is -2.55. The molecule has 0 saturated heterocycles. The quantitative estimate of drug-likeness (QED) is 0.777. The third kappa shape index (κ3) is 2.22. The average molecular weight is 251 g/mol. The average Bonchev–Trinajstić information content (AvgIpc) is 2.81. The minimum atomic E-state index is -0.410. The molecule has 1 heterocycles. The number of amides is 1. The first-order valence-electron chi connectivity index (χ1n) is 6.09. The fraction of sp³-hybridized carbons (Fsp3) is 0.0625. The molecule has 1 aromatic heterocycles. The summed E-state index contributed by atoms with van der Waals surface area (Å²) in [6.45, 7) is 0. The molecule has 0 aliphatic carbocycles. The lowest BCUT2D eigenvalue weighted by molar-refractivity contribution is 0.0999. The van der Waals surface area contributed by atoms with Crippen molar-refractivity contribution in [3.05, 3.63) is 71.5 Å². The zero-order chi connectivity index (χ0) is 13.2. The third-order valence-electron chi connectivity index (χ3n) is 3.12. The van der Waals surface area contributed by atoms with Crippen LogP contribution in [-0.4, -0.2) is 5.91 Å². The molecule has 0 saturated carbocycles. The molecular weight excluding hydrogens is 238 g/mol. The summed E-state index contributed by atoms with van der Waals surface area (Å²) in [6, 6.07) is 17.2. The predicted octanol–water partition coefficient (Wildman–Crippen LogP) is 3.12. The van der Waals surface area contributed by atoms with Crippen molar-refractivity contribution in [2.75, 3.05) is 0 Å². The van der Waals surface area contributed by atoms with Crippen LogP contribution in [0, 0.1) is 0 Å². The standard InChI is InChI=1S/C16H13NO2/c17-16(18)14-7-3-1-5-11(14)9-13-10-12-6-2-4-8-15(12)19-13/h1-8,10H,9H2,(H2,17,18). The highest BCUT2D eigenvalue weighted by molar-refractivity contribution is 5.94. The van der Waals surface area contributed by atoms with Crippen molar-refractivity contribution in [2.24, 2.45) is 5.73 Å². The van der Waals surface area contributed by atoms with Crippen LogP contribution in [0.4, 0.5) is 0 Å². The summed E-state index contributed by atoms with van der Waals surface area (Å²) in [5, 5.41) is 1.06. The third-order valence-corrected chi connectivity index (χ3v) is 3.12. The van der Waals surface area contributed by atoms with Crippen molar-refractivity contribution in [2.45, 2.75) is 6.42 Å². The Morgan fingerprint density at radius 2 is 1.79 bits per heavy atom. The van der Waals surface area contributed by atoms with Crippen molar-refractivity contribution in [1.29, 1.82) is 0 Å². The first-order chi connectivity index (χ1) is 9.24. The predicted molar refractivity (Wildman–Crippen MR) is 74.0 cm³/mol. The van der Waals surface area contributed by atoms with E-state index in [0.29, 0.717) is 12.0 Å². The molecule has 2 aromatic carbocycles. The summed E-state index contributed by atoms with van der Waals surface area (Å²) in [5.41, 5.74) is 7.66. The summed E-state index contributed by atoms with van der Waals surface area (Å²) >= 11 is 0. The molecule has 0 radical (unpaired) electrons. The molecule has 3 aromatic rings. The second-order valence-corrected chi connectivity index (χ2v) is 4.45. The molecule has 0 aliphatic heterocycles. The van der Waals surface area contributed by atoms with Gasteiger partial charge in [0.15, 0.2) is 0 Å². The molecule has 0 spiro atoms. The van der Waals surface area contributed by atoms with Gasteiger partial charge in [0.1, 0.15) is 11.3 Å². The lowest BCUT2D eigenvalue weighted by Gasteiger charge is -2.03. The fourth-order valence-corrected chi connectivity index (χ4v) is 2.23. The number of fused-ring (bicyclic) bond motifs is 1. The minimum Gasteiger partial charge on any atom is -0.461 e. The highest BCUT2D eigenvalue weighted by Crippen LogP contribution is 2.22. The molecular formula is C16H13NO2. The Morgan fingerprint density at radius 1 is 1.05 bits per heavy atom. The maximum atomic E-state index is 11.4. The van der Waals surface area contributed by atoms with Gasteiger partial charge < -0.3 is 10.2 Å². The second-order valence-electron chi connectivity index (χ2n) is 4.45. The SMILES string of the molecule is NC(=O)c1ccccc1Cc1cc2ccccc2o1. The van der Waals surface area contributed by atoms with Gasteiger partial charge in [0, 0.05) is 17.4 Å². The van der Waals surface area contributed by atoms with Crippen LogP contribution in [-0.2, 0) is 6.42 Å². The van der Waals surface area contributed by atoms with Crippen LogP contribution < -0.4 is 5.73 Å².